The van der Waals surface area contributed by atoms with Crippen LogP contribution in [0.25, 0.3) is 11.2 Å². The molecule has 0 fully saturated rings. The van der Waals surface area contributed by atoms with Crippen LogP contribution >= 0.6 is 0 Å². The summed E-state index contributed by atoms with van der Waals surface area (Å²) in [6.45, 7) is 0. The molecule has 3 rings (SSSR count). The summed E-state index contributed by atoms with van der Waals surface area (Å²) >= 11 is 0. The number of hydrogen-bond donors (Lipinski definition) is 2. The minimum Gasteiger partial charge on any atom is -0.324 e. The van der Waals surface area contributed by atoms with E-state index in [2.05, 4.69) is 15.6 Å². The predicted molar refractivity (Wildman–Crippen MR) is 98.8 cm³/mol. The summed E-state index contributed by atoms with van der Waals surface area (Å²) < 4.78 is 16.3. The van der Waals surface area contributed by atoms with Crippen molar-refractivity contribution in [2.45, 2.75) is 12.8 Å². The van der Waals surface area contributed by atoms with Crippen LogP contribution in [-0.4, -0.2) is 25.9 Å². The molecule has 0 unspecified atom stereocenters. The van der Waals surface area contributed by atoms with Crippen LogP contribution in [0.2, 0.25) is 0 Å². The number of fused-ring (bicyclic) bond motifs is 1. The SMILES string of the molecule is Cn1c(=O)n(C)c2nc(NC(=O)CCC(=O)Nc3ccccc3F)ccc21. The Morgan fingerprint density at radius 2 is 1.67 bits per heavy atom. The van der Waals surface area contributed by atoms with Crippen molar-refractivity contribution in [2.75, 3.05) is 10.6 Å². The Kier molecular flexibility index (Phi) is 5.02. The van der Waals surface area contributed by atoms with Gasteiger partial charge in [-0.3, -0.25) is 18.7 Å². The monoisotopic (exact) mass is 371 g/mol. The molecule has 3 aromatic rings. The van der Waals surface area contributed by atoms with Gasteiger partial charge in [-0.15, -0.1) is 0 Å². The molecule has 27 heavy (non-hydrogen) atoms. The van der Waals surface area contributed by atoms with Crippen molar-refractivity contribution < 1.29 is 14.0 Å². The van der Waals surface area contributed by atoms with Gasteiger partial charge in [-0.25, -0.2) is 14.2 Å². The predicted octanol–water partition coefficient (Wildman–Crippen LogP) is 1.77. The fourth-order valence-corrected chi connectivity index (χ4v) is 2.65. The number of rotatable bonds is 5. The summed E-state index contributed by atoms with van der Waals surface area (Å²) in [7, 11) is 3.23. The zero-order chi connectivity index (χ0) is 19.6. The fraction of sp³-hybridized carbons (Fsp3) is 0.222. The number of aromatic nitrogens is 3. The van der Waals surface area contributed by atoms with E-state index >= 15 is 0 Å². The van der Waals surface area contributed by atoms with Gasteiger partial charge in [0, 0.05) is 26.9 Å². The van der Waals surface area contributed by atoms with Crippen LogP contribution in [-0.2, 0) is 23.7 Å². The van der Waals surface area contributed by atoms with E-state index < -0.39 is 17.6 Å². The van der Waals surface area contributed by atoms with Crippen LogP contribution in [0.3, 0.4) is 0 Å². The van der Waals surface area contributed by atoms with Gasteiger partial charge in [0.05, 0.1) is 11.2 Å². The van der Waals surface area contributed by atoms with Gasteiger partial charge in [0.25, 0.3) is 0 Å². The van der Waals surface area contributed by atoms with Gasteiger partial charge in [-0.1, -0.05) is 12.1 Å². The lowest BCUT2D eigenvalue weighted by Crippen LogP contribution is -2.19. The number of amides is 2. The summed E-state index contributed by atoms with van der Waals surface area (Å²) in [5, 5.41) is 5.01. The number of nitrogens with one attached hydrogen (secondary N) is 2. The minimum atomic E-state index is -0.540. The first-order chi connectivity index (χ1) is 12.9. The van der Waals surface area contributed by atoms with Crippen molar-refractivity contribution >= 4 is 34.5 Å². The fourth-order valence-electron chi connectivity index (χ4n) is 2.65. The second kappa shape index (κ2) is 7.40. The van der Waals surface area contributed by atoms with E-state index in [0.717, 1.165) is 0 Å². The van der Waals surface area contributed by atoms with Gasteiger partial charge < -0.3 is 10.6 Å². The lowest BCUT2D eigenvalue weighted by molar-refractivity contribution is -0.121. The standard InChI is InChI=1S/C18H18FN5O3/c1-23-13-7-8-14(22-17(13)24(2)18(23)27)21-16(26)10-9-15(25)20-12-6-4-3-5-11(12)19/h3-8H,9-10H2,1-2H3,(H,20,25)(H,21,22,26). The van der Waals surface area contributed by atoms with E-state index in [1.807, 2.05) is 0 Å². The molecule has 2 N–H and O–H groups in total. The molecular weight excluding hydrogens is 353 g/mol. The molecule has 8 nitrogen and oxygen atoms in total. The number of carbonyl (C=O) groups is 2. The summed E-state index contributed by atoms with van der Waals surface area (Å²) in [5.74, 6) is -1.14. The zero-order valence-electron chi connectivity index (χ0n) is 14.8. The number of anilines is 2. The molecule has 0 aliphatic heterocycles. The molecule has 9 heteroatoms. The number of benzene rings is 1. The van der Waals surface area contributed by atoms with Crippen LogP contribution in [0.1, 0.15) is 12.8 Å². The van der Waals surface area contributed by atoms with Crippen molar-refractivity contribution in [2.24, 2.45) is 14.1 Å². The van der Waals surface area contributed by atoms with E-state index in [9.17, 15) is 18.8 Å². The zero-order valence-corrected chi connectivity index (χ0v) is 14.8. The molecule has 1 aromatic carbocycles. The number of carbonyl (C=O) groups excluding carboxylic acids is 2. The molecule has 2 heterocycles. The third-order valence-electron chi connectivity index (χ3n) is 4.10. The summed E-state index contributed by atoms with van der Waals surface area (Å²) in [6.07, 6.45) is -0.194. The number of pyridine rings is 1. The molecule has 2 amide bonds. The Hall–Kier alpha value is -3.49. The second-order valence-electron chi connectivity index (χ2n) is 6.02. The molecular formula is C18H18FN5O3. The molecule has 0 saturated heterocycles. The van der Waals surface area contributed by atoms with Crippen LogP contribution in [0.4, 0.5) is 15.9 Å². The summed E-state index contributed by atoms with van der Waals surface area (Å²) in [5.41, 5.74) is 0.938. The average molecular weight is 371 g/mol. The molecule has 0 aliphatic rings. The molecule has 0 atom stereocenters. The molecule has 0 radical (unpaired) electrons. The van der Waals surface area contributed by atoms with Crippen LogP contribution in [0, 0.1) is 5.82 Å². The van der Waals surface area contributed by atoms with Gasteiger partial charge in [0.15, 0.2) is 5.65 Å². The van der Waals surface area contributed by atoms with E-state index in [1.54, 1.807) is 32.3 Å². The van der Waals surface area contributed by atoms with E-state index in [4.69, 9.17) is 0 Å². The molecule has 0 bridgehead atoms. The first-order valence-corrected chi connectivity index (χ1v) is 8.23. The first kappa shape index (κ1) is 18.3. The Morgan fingerprint density at radius 3 is 2.37 bits per heavy atom. The van der Waals surface area contributed by atoms with Gasteiger partial charge in [0.1, 0.15) is 11.6 Å². The third-order valence-corrected chi connectivity index (χ3v) is 4.10. The Bertz CT molecular complexity index is 1090. The highest BCUT2D eigenvalue weighted by Gasteiger charge is 2.13. The molecule has 140 valence electrons. The van der Waals surface area contributed by atoms with Crippen molar-refractivity contribution in [1.29, 1.82) is 0 Å². The molecule has 0 aliphatic carbocycles. The highest BCUT2D eigenvalue weighted by atomic mass is 19.1. The van der Waals surface area contributed by atoms with Gasteiger partial charge in [-0.2, -0.15) is 0 Å². The number of aryl methyl sites for hydroxylation is 2. The lowest BCUT2D eigenvalue weighted by Gasteiger charge is -2.07. The van der Waals surface area contributed by atoms with E-state index in [-0.39, 0.29) is 30.0 Å². The summed E-state index contributed by atoms with van der Waals surface area (Å²) in [6, 6.07) is 9.07. The smallest absolute Gasteiger partial charge is 0.324 e. The van der Waals surface area contributed by atoms with E-state index in [0.29, 0.717) is 11.2 Å². The van der Waals surface area contributed by atoms with E-state index in [1.165, 1.54) is 27.3 Å². The molecule has 0 spiro atoms. The van der Waals surface area contributed by atoms with Crippen LogP contribution < -0.4 is 16.3 Å². The topological polar surface area (TPSA) is 98.0 Å². The van der Waals surface area contributed by atoms with Crippen LogP contribution in [0.5, 0.6) is 0 Å². The van der Waals surface area contributed by atoms with Gasteiger partial charge in [-0.05, 0) is 24.3 Å². The number of imidazole rings is 1. The average Bonchev–Trinajstić information content (AvgIpc) is 2.86. The second-order valence-corrected chi connectivity index (χ2v) is 6.02. The Morgan fingerprint density at radius 1 is 1.00 bits per heavy atom. The van der Waals surface area contributed by atoms with Crippen molar-refractivity contribution in [1.82, 2.24) is 14.1 Å². The van der Waals surface area contributed by atoms with Crippen molar-refractivity contribution in [3.05, 3.63) is 52.7 Å². The molecule has 0 saturated carbocycles. The molecule has 2 aromatic heterocycles. The Balaban J connectivity index is 1.60. The minimum absolute atomic E-state index is 0.0695. The number of hydrogen-bond acceptors (Lipinski definition) is 4. The van der Waals surface area contributed by atoms with Crippen molar-refractivity contribution in [3.8, 4) is 0 Å². The van der Waals surface area contributed by atoms with Gasteiger partial charge >= 0.3 is 5.69 Å². The van der Waals surface area contributed by atoms with Crippen LogP contribution in [0.15, 0.2) is 41.2 Å². The highest BCUT2D eigenvalue weighted by molar-refractivity contribution is 5.96. The van der Waals surface area contributed by atoms with Gasteiger partial charge in [0.2, 0.25) is 11.8 Å². The highest BCUT2D eigenvalue weighted by Crippen LogP contribution is 2.14. The maximum atomic E-state index is 13.5. The maximum Gasteiger partial charge on any atom is 0.329 e. The Labute approximate surface area is 153 Å². The number of halogens is 1. The largest absolute Gasteiger partial charge is 0.329 e. The quantitative estimate of drug-likeness (QED) is 0.714. The third kappa shape index (κ3) is 3.86. The number of nitrogens with zero attached hydrogens (tertiary/aromatic N) is 3. The first-order valence-electron chi connectivity index (χ1n) is 8.23. The normalized spacial score (nSPS) is 10.8. The number of para-hydroxylation sites is 1. The lowest BCUT2D eigenvalue weighted by atomic mass is 10.2. The van der Waals surface area contributed by atoms with Crippen molar-refractivity contribution in [3.63, 3.8) is 0 Å². The maximum absolute atomic E-state index is 13.5. The summed E-state index contributed by atoms with van der Waals surface area (Å²) in [4.78, 5) is 40.1.